The van der Waals surface area contributed by atoms with Gasteiger partial charge in [0, 0.05) is 22.9 Å². The van der Waals surface area contributed by atoms with Gasteiger partial charge in [0.1, 0.15) is 6.04 Å². The van der Waals surface area contributed by atoms with E-state index in [4.69, 9.17) is 11.6 Å². The van der Waals surface area contributed by atoms with Crippen LogP contribution in [0.3, 0.4) is 0 Å². The van der Waals surface area contributed by atoms with E-state index >= 15 is 0 Å². The van der Waals surface area contributed by atoms with E-state index in [1.807, 2.05) is 0 Å². The molecule has 148 valence electrons. The van der Waals surface area contributed by atoms with Gasteiger partial charge in [-0.3, -0.25) is 14.9 Å². The van der Waals surface area contributed by atoms with Gasteiger partial charge in [-0.15, -0.1) is 11.3 Å². The van der Waals surface area contributed by atoms with Crippen molar-refractivity contribution < 1.29 is 22.5 Å². The van der Waals surface area contributed by atoms with Gasteiger partial charge in [-0.2, -0.15) is 4.72 Å². The molecule has 0 unspecified atom stereocenters. The molecule has 1 aliphatic heterocycles. The van der Waals surface area contributed by atoms with Gasteiger partial charge < -0.3 is 4.90 Å². The summed E-state index contributed by atoms with van der Waals surface area (Å²) >= 11 is 6.98. The van der Waals surface area contributed by atoms with Crippen molar-refractivity contribution in [2.75, 3.05) is 11.4 Å². The lowest BCUT2D eigenvalue weighted by atomic mass is 10.2. The Morgan fingerprint density at radius 1 is 1.36 bits per heavy atom. The largest absolute Gasteiger partial charge is 0.308 e. The first-order valence-electron chi connectivity index (χ1n) is 7.87. The van der Waals surface area contributed by atoms with Crippen molar-refractivity contribution in [1.82, 2.24) is 4.72 Å². The number of anilines is 1. The molecular formula is C16H13ClFN3O5S2. The lowest BCUT2D eigenvalue weighted by molar-refractivity contribution is -0.385. The normalized spacial score (nSPS) is 17.6. The van der Waals surface area contributed by atoms with E-state index in [1.54, 1.807) is 12.1 Å². The van der Waals surface area contributed by atoms with Crippen molar-refractivity contribution in [3.8, 4) is 0 Å². The minimum Gasteiger partial charge on any atom is -0.308 e. The Hall–Kier alpha value is -2.34. The third-order valence-electron chi connectivity index (χ3n) is 3.95. The molecule has 1 atom stereocenters. The summed E-state index contributed by atoms with van der Waals surface area (Å²) in [7, 11) is -3.92. The molecule has 28 heavy (non-hydrogen) atoms. The van der Waals surface area contributed by atoms with E-state index in [9.17, 15) is 27.7 Å². The maximum Gasteiger partial charge on any atom is 0.272 e. The molecule has 8 nitrogen and oxygen atoms in total. The van der Waals surface area contributed by atoms with Crippen LogP contribution in [0.15, 0.2) is 35.7 Å². The zero-order valence-corrected chi connectivity index (χ0v) is 16.4. The van der Waals surface area contributed by atoms with Crippen LogP contribution in [-0.4, -0.2) is 31.8 Å². The fourth-order valence-electron chi connectivity index (χ4n) is 2.67. The van der Waals surface area contributed by atoms with E-state index in [0.29, 0.717) is 9.21 Å². The average Bonchev–Trinajstić information content (AvgIpc) is 3.19. The predicted octanol–water partition coefficient (Wildman–Crippen LogP) is 3.14. The molecule has 2 heterocycles. The minimum absolute atomic E-state index is 0.0744. The Bertz CT molecular complexity index is 1070. The first kappa shape index (κ1) is 20.4. The van der Waals surface area contributed by atoms with Crippen molar-refractivity contribution in [2.24, 2.45) is 0 Å². The molecule has 0 radical (unpaired) electrons. The number of nitrogens with one attached hydrogen (secondary N) is 1. The van der Waals surface area contributed by atoms with E-state index < -0.39 is 38.4 Å². The maximum absolute atomic E-state index is 14.2. The second-order valence-corrected chi connectivity index (χ2v) is 9.18. The number of thiophene rings is 1. The maximum atomic E-state index is 14.2. The standard InChI is InChI=1S/C16H13ClFN3O5S2/c17-15-4-2-11(27-15)6-8-28(25,26)19-13-5-7-20(16(13)22)14-3-1-10(21(23)24)9-12(14)18/h1-4,6,8-9,13,19H,5,7H2/t13-/m0/s1. The summed E-state index contributed by atoms with van der Waals surface area (Å²) in [6.07, 6.45) is 1.49. The Balaban J connectivity index is 1.71. The zero-order valence-electron chi connectivity index (χ0n) is 14.0. The predicted molar refractivity (Wildman–Crippen MR) is 104 cm³/mol. The number of halogens is 2. The fourth-order valence-corrected chi connectivity index (χ4v) is 4.74. The highest BCUT2D eigenvalue weighted by Gasteiger charge is 2.36. The number of hydrogen-bond acceptors (Lipinski definition) is 6. The van der Waals surface area contributed by atoms with Crippen LogP contribution in [0.25, 0.3) is 6.08 Å². The zero-order chi connectivity index (χ0) is 20.5. The number of nitro groups is 1. The monoisotopic (exact) mass is 445 g/mol. The molecule has 12 heteroatoms. The summed E-state index contributed by atoms with van der Waals surface area (Å²) in [6.45, 7) is 0.0744. The second-order valence-electron chi connectivity index (χ2n) is 5.83. The number of non-ortho nitro benzene ring substituents is 1. The lowest BCUT2D eigenvalue weighted by Crippen LogP contribution is -2.40. The van der Waals surface area contributed by atoms with Gasteiger partial charge >= 0.3 is 0 Å². The summed E-state index contributed by atoms with van der Waals surface area (Å²) in [5.74, 6) is -1.57. The molecule has 0 spiro atoms. The van der Waals surface area contributed by atoms with Crippen LogP contribution in [0, 0.1) is 15.9 Å². The fraction of sp³-hybridized carbons (Fsp3) is 0.188. The number of nitro benzene ring substituents is 1. The van der Waals surface area contributed by atoms with Crippen molar-refractivity contribution in [3.63, 3.8) is 0 Å². The number of rotatable bonds is 6. The van der Waals surface area contributed by atoms with E-state index in [2.05, 4.69) is 4.72 Å². The van der Waals surface area contributed by atoms with Crippen molar-refractivity contribution in [3.05, 3.63) is 60.9 Å². The van der Waals surface area contributed by atoms with Gasteiger partial charge in [0.25, 0.3) is 5.69 Å². The Morgan fingerprint density at radius 3 is 2.71 bits per heavy atom. The number of carbonyl (C=O) groups excluding carboxylic acids is 1. The van der Waals surface area contributed by atoms with E-state index in [0.717, 1.165) is 28.5 Å². The minimum atomic E-state index is -3.92. The van der Waals surface area contributed by atoms with Crippen LogP contribution >= 0.6 is 22.9 Å². The van der Waals surface area contributed by atoms with Crippen LogP contribution in [-0.2, 0) is 14.8 Å². The first-order valence-corrected chi connectivity index (χ1v) is 10.6. The summed E-state index contributed by atoms with van der Waals surface area (Å²) in [4.78, 5) is 24.1. The molecule has 1 aromatic heterocycles. The Labute approximate surface area is 168 Å². The topological polar surface area (TPSA) is 110 Å². The van der Waals surface area contributed by atoms with Crippen LogP contribution in [0.4, 0.5) is 15.8 Å². The molecule has 1 fully saturated rings. The lowest BCUT2D eigenvalue weighted by Gasteiger charge is -2.17. The SMILES string of the molecule is O=C1[C@@H](NS(=O)(=O)C=Cc2ccc(Cl)s2)CCN1c1ccc([N+](=O)[O-])cc1F. The molecule has 1 saturated heterocycles. The molecule has 2 aromatic rings. The smallest absolute Gasteiger partial charge is 0.272 e. The van der Waals surface area contributed by atoms with Gasteiger partial charge in [0.2, 0.25) is 15.9 Å². The van der Waals surface area contributed by atoms with E-state index in [-0.39, 0.29) is 18.7 Å². The first-order chi connectivity index (χ1) is 13.2. The number of hydrogen-bond donors (Lipinski definition) is 1. The van der Waals surface area contributed by atoms with Gasteiger partial charge in [0.15, 0.2) is 5.82 Å². The van der Waals surface area contributed by atoms with Gasteiger partial charge in [-0.05, 0) is 30.7 Å². The molecule has 3 rings (SSSR count). The van der Waals surface area contributed by atoms with Crippen LogP contribution in [0.2, 0.25) is 4.34 Å². The van der Waals surface area contributed by atoms with Gasteiger partial charge in [-0.1, -0.05) is 11.6 Å². The molecule has 1 aromatic carbocycles. The van der Waals surface area contributed by atoms with Crippen molar-refractivity contribution in [2.45, 2.75) is 12.5 Å². The highest BCUT2D eigenvalue weighted by atomic mass is 35.5. The molecule has 1 N–H and O–H groups in total. The molecule has 0 aliphatic carbocycles. The third kappa shape index (κ3) is 4.55. The summed E-state index contributed by atoms with van der Waals surface area (Å²) in [6, 6.07) is 5.15. The molecular weight excluding hydrogens is 433 g/mol. The van der Waals surface area contributed by atoms with Crippen LogP contribution < -0.4 is 9.62 Å². The van der Waals surface area contributed by atoms with Crippen LogP contribution in [0.1, 0.15) is 11.3 Å². The Morgan fingerprint density at radius 2 is 2.11 bits per heavy atom. The summed E-state index contributed by atoms with van der Waals surface area (Å²) in [5, 5.41) is 11.6. The number of amides is 1. The van der Waals surface area contributed by atoms with Crippen LogP contribution in [0.5, 0.6) is 0 Å². The second kappa shape index (κ2) is 7.95. The van der Waals surface area contributed by atoms with Gasteiger partial charge in [-0.25, -0.2) is 12.8 Å². The van der Waals surface area contributed by atoms with Gasteiger partial charge in [0.05, 0.1) is 21.0 Å². The molecule has 0 saturated carbocycles. The Kier molecular flexibility index (Phi) is 5.79. The quantitative estimate of drug-likeness (QED) is 0.542. The number of nitrogens with zero attached hydrogens (tertiary/aromatic N) is 2. The summed E-state index contributed by atoms with van der Waals surface area (Å²) in [5.41, 5.74) is -0.579. The van der Waals surface area contributed by atoms with E-state index in [1.165, 1.54) is 17.4 Å². The van der Waals surface area contributed by atoms with Crippen molar-refractivity contribution >= 4 is 56.3 Å². The molecule has 1 aliphatic rings. The third-order valence-corrected chi connectivity index (χ3v) is 6.25. The number of benzene rings is 1. The highest BCUT2D eigenvalue weighted by Crippen LogP contribution is 2.28. The molecule has 1 amide bonds. The highest BCUT2D eigenvalue weighted by molar-refractivity contribution is 7.92. The van der Waals surface area contributed by atoms with Crippen molar-refractivity contribution in [1.29, 1.82) is 0 Å². The summed E-state index contributed by atoms with van der Waals surface area (Å²) < 4.78 is 41.3. The number of carbonyl (C=O) groups is 1. The molecule has 0 bridgehead atoms. The average molecular weight is 446 g/mol. The number of sulfonamides is 1.